The highest BCUT2D eigenvalue weighted by Crippen LogP contribution is 2.15. The van der Waals surface area contributed by atoms with Crippen LogP contribution in [0, 0.1) is 0 Å². The van der Waals surface area contributed by atoms with Gasteiger partial charge in [0.25, 0.3) is 5.91 Å². The summed E-state index contributed by atoms with van der Waals surface area (Å²) < 4.78 is 0. The second-order valence-corrected chi connectivity index (χ2v) is 4.17. The van der Waals surface area contributed by atoms with Gasteiger partial charge in [0, 0.05) is 24.4 Å². The van der Waals surface area contributed by atoms with Crippen molar-refractivity contribution in [1.82, 2.24) is 5.32 Å². The molecule has 1 atom stereocenters. The minimum absolute atomic E-state index is 0.0222. The summed E-state index contributed by atoms with van der Waals surface area (Å²) >= 11 is 0. The number of ketones is 1. The number of benzene rings is 1. The molecule has 0 radical (unpaired) electrons. The molecule has 0 heterocycles. The van der Waals surface area contributed by atoms with E-state index in [1.165, 1.54) is 0 Å². The first-order valence-corrected chi connectivity index (χ1v) is 5.63. The Morgan fingerprint density at radius 1 is 1.25 bits per heavy atom. The van der Waals surface area contributed by atoms with Gasteiger partial charge in [-0.25, -0.2) is 0 Å². The first kappa shape index (κ1) is 10.9. The first-order valence-electron chi connectivity index (χ1n) is 5.63. The molecule has 1 aromatic carbocycles. The van der Waals surface area contributed by atoms with Gasteiger partial charge in [-0.1, -0.05) is 18.2 Å². The first-order chi connectivity index (χ1) is 7.75. The number of carbonyl (C=O) groups is 2. The summed E-state index contributed by atoms with van der Waals surface area (Å²) in [5.74, 6) is 0.171. The molecule has 1 unspecified atom stereocenters. The van der Waals surface area contributed by atoms with Crippen LogP contribution >= 0.6 is 0 Å². The van der Waals surface area contributed by atoms with Crippen molar-refractivity contribution >= 4 is 11.7 Å². The maximum atomic E-state index is 11.8. The molecular formula is C13H15NO2. The van der Waals surface area contributed by atoms with Crippen LogP contribution in [0.5, 0.6) is 0 Å². The minimum atomic E-state index is -0.0831. The number of hydrogen-bond donors (Lipinski definition) is 1. The van der Waals surface area contributed by atoms with Crippen LogP contribution in [-0.2, 0) is 4.79 Å². The van der Waals surface area contributed by atoms with Crippen molar-refractivity contribution in [3.8, 4) is 0 Å². The maximum absolute atomic E-state index is 11.8. The zero-order valence-electron chi connectivity index (χ0n) is 9.11. The van der Waals surface area contributed by atoms with Crippen LogP contribution in [0.25, 0.3) is 0 Å². The normalized spacial score (nSPS) is 20.5. The van der Waals surface area contributed by atoms with E-state index in [1.807, 2.05) is 18.2 Å². The monoisotopic (exact) mass is 217 g/mol. The number of Topliss-reactive ketones (excluding diaryl/α,β-unsaturated/α-hetero) is 1. The van der Waals surface area contributed by atoms with Gasteiger partial charge in [-0.2, -0.15) is 0 Å². The Balaban J connectivity index is 1.95. The molecule has 84 valence electrons. The molecule has 3 heteroatoms. The van der Waals surface area contributed by atoms with Gasteiger partial charge in [0.1, 0.15) is 5.78 Å². The highest BCUT2D eigenvalue weighted by Gasteiger charge is 2.21. The lowest BCUT2D eigenvalue weighted by atomic mass is 9.94. The van der Waals surface area contributed by atoms with Crippen LogP contribution in [0.4, 0.5) is 0 Å². The van der Waals surface area contributed by atoms with Crippen molar-refractivity contribution in [1.29, 1.82) is 0 Å². The fraction of sp³-hybridized carbons (Fsp3) is 0.385. The second-order valence-electron chi connectivity index (χ2n) is 4.17. The highest BCUT2D eigenvalue weighted by molar-refractivity contribution is 5.94. The van der Waals surface area contributed by atoms with Crippen LogP contribution in [0.15, 0.2) is 30.3 Å². The summed E-state index contributed by atoms with van der Waals surface area (Å²) in [5.41, 5.74) is 0.653. The molecule has 1 aliphatic carbocycles. The van der Waals surface area contributed by atoms with E-state index in [2.05, 4.69) is 5.32 Å². The molecule has 3 nitrogen and oxygen atoms in total. The lowest BCUT2D eigenvalue weighted by Crippen LogP contribution is -2.38. The molecule has 1 aliphatic rings. The van der Waals surface area contributed by atoms with Gasteiger partial charge in [-0.15, -0.1) is 0 Å². The Hall–Kier alpha value is -1.64. The third-order valence-corrected chi connectivity index (χ3v) is 2.85. The van der Waals surface area contributed by atoms with E-state index >= 15 is 0 Å². The van der Waals surface area contributed by atoms with Crippen molar-refractivity contribution in [3.05, 3.63) is 35.9 Å². The van der Waals surface area contributed by atoms with Crippen molar-refractivity contribution in [3.63, 3.8) is 0 Å². The van der Waals surface area contributed by atoms with Crippen molar-refractivity contribution in [2.24, 2.45) is 0 Å². The van der Waals surface area contributed by atoms with Crippen LogP contribution in [-0.4, -0.2) is 17.7 Å². The lowest BCUT2D eigenvalue weighted by Gasteiger charge is -2.21. The van der Waals surface area contributed by atoms with Gasteiger partial charge >= 0.3 is 0 Å². The van der Waals surface area contributed by atoms with Gasteiger partial charge in [-0.05, 0) is 25.0 Å². The Bertz CT molecular complexity index is 386. The molecule has 1 aromatic rings. The quantitative estimate of drug-likeness (QED) is 0.822. The molecule has 0 spiro atoms. The summed E-state index contributed by atoms with van der Waals surface area (Å²) in [6.45, 7) is 0. The summed E-state index contributed by atoms with van der Waals surface area (Å²) in [6.07, 6.45) is 2.94. The van der Waals surface area contributed by atoms with Gasteiger partial charge < -0.3 is 5.32 Å². The minimum Gasteiger partial charge on any atom is -0.349 e. The van der Waals surface area contributed by atoms with E-state index in [-0.39, 0.29) is 17.7 Å². The van der Waals surface area contributed by atoms with E-state index in [0.29, 0.717) is 18.4 Å². The third kappa shape index (κ3) is 2.69. The van der Waals surface area contributed by atoms with Crippen LogP contribution < -0.4 is 5.32 Å². The number of nitrogens with one attached hydrogen (secondary N) is 1. The molecule has 1 fully saturated rings. The standard InChI is InChI=1S/C13H15NO2/c15-12-8-4-7-11(9-12)14-13(16)10-5-2-1-3-6-10/h1-3,5-6,11H,4,7-9H2,(H,14,16). The Morgan fingerprint density at radius 2 is 2.00 bits per heavy atom. The lowest BCUT2D eigenvalue weighted by molar-refractivity contribution is -0.120. The largest absolute Gasteiger partial charge is 0.349 e. The van der Waals surface area contributed by atoms with Gasteiger partial charge in [-0.3, -0.25) is 9.59 Å². The molecular weight excluding hydrogens is 202 g/mol. The van der Waals surface area contributed by atoms with Crippen LogP contribution in [0.2, 0.25) is 0 Å². The van der Waals surface area contributed by atoms with E-state index in [0.717, 1.165) is 12.8 Å². The van der Waals surface area contributed by atoms with E-state index in [1.54, 1.807) is 12.1 Å². The maximum Gasteiger partial charge on any atom is 0.251 e. The SMILES string of the molecule is O=C1CCCC(NC(=O)c2ccccc2)C1. The summed E-state index contributed by atoms with van der Waals surface area (Å²) in [5, 5.41) is 2.91. The summed E-state index contributed by atoms with van der Waals surface area (Å²) in [4.78, 5) is 23.0. The fourth-order valence-electron chi connectivity index (χ4n) is 2.01. The van der Waals surface area contributed by atoms with Crippen molar-refractivity contribution in [2.45, 2.75) is 31.7 Å². The molecule has 0 aliphatic heterocycles. The Morgan fingerprint density at radius 3 is 2.69 bits per heavy atom. The predicted molar refractivity (Wildman–Crippen MR) is 61.2 cm³/mol. The summed E-state index contributed by atoms with van der Waals surface area (Å²) in [7, 11) is 0. The molecule has 1 saturated carbocycles. The van der Waals surface area contributed by atoms with Crippen molar-refractivity contribution in [2.75, 3.05) is 0 Å². The smallest absolute Gasteiger partial charge is 0.251 e. The van der Waals surface area contributed by atoms with E-state index < -0.39 is 0 Å². The van der Waals surface area contributed by atoms with Gasteiger partial charge in [0.2, 0.25) is 0 Å². The molecule has 1 amide bonds. The van der Waals surface area contributed by atoms with Gasteiger partial charge in [0.15, 0.2) is 0 Å². The zero-order chi connectivity index (χ0) is 11.4. The average Bonchev–Trinajstić information content (AvgIpc) is 2.30. The topological polar surface area (TPSA) is 46.2 Å². The summed E-state index contributed by atoms with van der Waals surface area (Å²) in [6, 6.07) is 9.12. The fourth-order valence-corrected chi connectivity index (χ4v) is 2.01. The molecule has 0 saturated heterocycles. The number of carbonyl (C=O) groups excluding carboxylic acids is 2. The average molecular weight is 217 g/mol. The Kier molecular flexibility index (Phi) is 3.34. The highest BCUT2D eigenvalue weighted by atomic mass is 16.2. The van der Waals surface area contributed by atoms with E-state index in [4.69, 9.17) is 0 Å². The number of rotatable bonds is 2. The number of hydrogen-bond acceptors (Lipinski definition) is 2. The molecule has 1 N–H and O–H groups in total. The zero-order valence-corrected chi connectivity index (χ0v) is 9.11. The predicted octanol–water partition coefficient (Wildman–Crippen LogP) is 1.93. The molecule has 2 rings (SSSR count). The molecule has 16 heavy (non-hydrogen) atoms. The second kappa shape index (κ2) is 4.92. The van der Waals surface area contributed by atoms with E-state index in [9.17, 15) is 9.59 Å². The molecule has 0 bridgehead atoms. The third-order valence-electron chi connectivity index (χ3n) is 2.85. The van der Waals surface area contributed by atoms with Crippen LogP contribution in [0.3, 0.4) is 0 Å². The van der Waals surface area contributed by atoms with Crippen molar-refractivity contribution < 1.29 is 9.59 Å². The van der Waals surface area contributed by atoms with Crippen LogP contribution in [0.1, 0.15) is 36.0 Å². The molecule has 0 aromatic heterocycles. The Labute approximate surface area is 94.9 Å². The number of amides is 1. The van der Waals surface area contributed by atoms with Gasteiger partial charge in [0.05, 0.1) is 0 Å².